The third kappa shape index (κ3) is 15.2. The number of nitrogens with one attached hydrogen (secondary N) is 5. The van der Waals surface area contributed by atoms with Crippen LogP contribution in [-0.4, -0.2) is 173 Å². The number of benzene rings is 4. The molecule has 7 rings (SSSR count). The van der Waals surface area contributed by atoms with E-state index in [1.807, 2.05) is 48.5 Å². The zero-order valence-corrected chi connectivity index (χ0v) is 45.6. The monoisotopic (exact) mass is 1120 g/mol. The molecule has 15 atom stereocenters. The van der Waals surface area contributed by atoms with Gasteiger partial charge in [0.1, 0.15) is 47.8 Å². The molecular formula is C59H74N6O16. The molecular weight excluding hydrogens is 1050 g/mol. The van der Waals surface area contributed by atoms with Crippen molar-refractivity contribution < 1.29 is 79.2 Å². The Hall–Kier alpha value is -7.31. The van der Waals surface area contributed by atoms with Crippen LogP contribution in [0.4, 0.5) is 0 Å². The van der Waals surface area contributed by atoms with Crippen molar-refractivity contribution >= 4 is 41.2 Å². The summed E-state index contributed by atoms with van der Waals surface area (Å²) in [5.41, 5.74) is 3.90. The second-order valence-corrected chi connectivity index (χ2v) is 21.5. The number of hydrogen-bond donors (Lipinski definition) is 13. The standard InChI is InChI=1S/C59H74N6O16/c1-5-6-7-24-81-41-22-18-37(19-23-41)35-12-10-34(11-13-35)36-14-16-38(17-15-36)53(74)60-44-28-46(71)56(77)64-58(79)50-51(72)30(2)29-65(50)59(80)48(32(4)67)62-57(78)49(45(70)25-33-8-20-39(68)21-9-33)63-54(75)43-27-40(69)26-42(43)52(73)47(31(3)66)61-55(44)76/h8-23,30-32,40,42-51,56,66-72,77H,5-7,24-29H2,1-4H3,(H,60,74)(H,61,76)(H,62,78)(H,63,75)(H,64,79)/t30-,31?,32?,40-,42?,43?,44-,45+,46+,47?,48?,49?,50?,51-,56+/m0/s1. The van der Waals surface area contributed by atoms with E-state index < -0.39 is 138 Å². The van der Waals surface area contributed by atoms with Gasteiger partial charge in [-0.3, -0.25) is 33.6 Å². The fourth-order valence-corrected chi connectivity index (χ4v) is 10.6. The van der Waals surface area contributed by atoms with Gasteiger partial charge in [0.25, 0.3) is 5.91 Å². The molecule has 2 saturated heterocycles. The van der Waals surface area contributed by atoms with Gasteiger partial charge in [-0.15, -0.1) is 0 Å². The Kier molecular flexibility index (Phi) is 20.8. The molecule has 1 aliphatic carbocycles. The second-order valence-electron chi connectivity index (χ2n) is 21.5. The van der Waals surface area contributed by atoms with Gasteiger partial charge in [-0.25, -0.2) is 0 Å². The van der Waals surface area contributed by atoms with E-state index in [0.29, 0.717) is 12.2 Å². The molecule has 81 heavy (non-hydrogen) atoms. The SMILES string of the molecule is CCCCCOc1ccc(-c2ccc(-c3ccc(C(=O)N[C@H]4C[C@@H](O)[C@@H](O)NC(=O)C5[C@@H](O)[C@@H](C)CN5C(=O)C(C(C)O)NC(=O)C([C@H](O)Cc5ccc(O)cc5)NC(=O)C5C[C@@H](O)CC5C(=O)C(C(C)O)NC4=O)cc3)cc2)cc1. The number of nitrogens with zero attached hydrogens (tertiary/aromatic N) is 1. The quantitative estimate of drug-likeness (QED) is 0.0768. The first-order valence-corrected chi connectivity index (χ1v) is 27.4. The molecule has 436 valence electrons. The number of fused-ring (bicyclic) bond motifs is 2. The molecule has 3 fully saturated rings. The van der Waals surface area contributed by atoms with Crippen LogP contribution >= 0.6 is 0 Å². The molecule has 2 heterocycles. The Bertz CT molecular complexity index is 2830. The molecule has 22 heteroatoms. The minimum atomic E-state index is -2.26. The van der Waals surface area contributed by atoms with Crippen molar-refractivity contribution in [3.05, 3.63) is 108 Å². The third-order valence-electron chi connectivity index (χ3n) is 15.3. The van der Waals surface area contributed by atoms with Crippen LogP contribution in [0.15, 0.2) is 97.1 Å². The van der Waals surface area contributed by atoms with Gasteiger partial charge in [-0.1, -0.05) is 87.4 Å². The van der Waals surface area contributed by atoms with Crippen molar-refractivity contribution in [2.45, 2.75) is 146 Å². The number of unbranched alkanes of at least 4 members (excludes halogenated alkanes) is 2. The lowest BCUT2D eigenvalue weighted by Crippen LogP contribution is -2.63. The Morgan fingerprint density at radius 2 is 1.20 bits per heavy atom. The zero-order valence-electron chi connectivity index (χ0n) is 45.6. The zero-order chi connectivity index (χ0) is 58.8. The van der Waals surface area contributed by atoms with Crippen LogP contribution in [-0.2, 0) is 35.2 Å². The molecule has 0 spiro atoms. The van der Waals surface area contributed by atoms with Gasteiger partial charge in [-0.2, -0.15) is 0 Å². The molecule has 0 radical (unpaired) electrons. The Morgan fingerprint density at radius 3 is 1.78 bits per heavy atom. The van der Waals surface area contributed by atoms with E-state index in [9.17, 15) is 74.4 Å². The molecule has 4 aromatic rings. The minimum Gasteiger partial charge on any atom is -0.508 e. The van der Waals surface area contributed by atoms with Crippen molar-refractivity contribution in [2.75, 3.05) is 13.2 Å². The number of phenols is 1. The normalized spacial score (nSPS) is 28.2. The van der Waals surface area contributed by atoms with Crippen molar-refractivity contribution in [3.8, 4) is 33.8 Å². The number of ether oxygens (including phenoxy) is 1. The number of aliphatic hydroxyl groups excluding tert-OH is 7. The summed E-state index contributed by atoms with van der Waals surface area (Å²) < 4.78 is 5.84. The number of phenolic OH excluding ortho intramolecular Hbond substituents is 1. The van der Waals surface area contributed by atoms with E-state index in [0.717, 1.165) is 66.0 Å². The molecule has 0 aromatic heterocycles. The number of rotatable bonds is 14. The second kappa shape index (κ2) is 27.4. The highest BCUT2D eigenvalue weighted by molar-refractivity contribution is 6.01. The molecule has 13 N–H and O–H groups in total. The highest BCUT2D eigenvalue weighted by atomic mass is 16.5. The average Bonchev–Trinajstić information content (AvgIpc) is 4.10. The summed E-state index contributed by atoms with van der Waals surface area (Å²) in [5, 5.41) is 100. The van der Waals surface area contributed by atoms with E-state index >= 15 is 0 Å². The van der Waals surface area contributed by atoms with Crippen LogP contribution in [0.1, 0.15) is 82.1 Å². The van der Waals surface area contributed by atoms with Gasteiger partial charge in [0.05, 0.1) is 43.0 Å². The Labute approximate surface area is 468 Å². The number of ketones is 1. The summed E-state index contributed by atoms with van der Waals surface area (Å²) >= 11 is 0. The largest absolute Gasteiger partial charge is 0.508 e. The Morgan fingerprint density at radius 1 is 0.654 bits per heavy atom. The smallest absolute Gasteiger partial charge is 0.251 e. The number of carbonyl (C=O) groups is 7. The van der Waals surface area contributed by atoms with Crippen LogP contribution in [0.2, 0.25) is 0 Å². The molecule has 22 nitrogen and oxygen atoms in total. The maximum absolute atomic E-state index is 14.5. The Balaban J connectivity index is 1.17. The average molecular weight is 1120 g/mol. The summed E-state index contributed by atoms with van der Waals surface area (Å²) in [6.45, 7) is 6.25. The van der Waals surface area contributed by atoms with Gasteiger partial charge in [0.2, 0.25) is 29.5 Å². The van der Waals surface area contributed by atoms with Crippen molar-refractivity contribution in [1.82, 2.24) is 31.5 Å². The number of amides is 6. The first kappa shape index (κ1) is 61.3. The highest BCUT2D eigenvalue weighted by Gasteiger charge is 2.50. The molecule has 0 bridgehead atoms. The van der Waals surface area contributed by atoms with Crippen LogP contribution in [0, 0.1) is 17.8 Å². The maximum atomic E-state index is 14.5. The predicted octanol–water partition coefficient (Wildman–Crippen LogP) is 0.576. The van der Waals surface area contributed by atoms with Gasteiger partial charge in [0, 0.05) is 36.8 Å². The van der Waals surface area contributed by atoms with E-state index in [-0.39, 0.29) is 37.1 Å². The molecule has 1 saturated carbocycles. The summed E-state index contributed by atoms with van der Waals surface area (Å²) in [7, 11) is 0. The summed E-state index contributed by atoms with van der Waals surface area (Å²) in [5.74, 6) is -10.6. The number of Topliss-reactive ketones (excluding diaryl/α,β-unsaturated/α-hetero) is 1. The number of carbonyl (C=O) groups excluding carboxylic acids is 7. The molecule has 4 aromatic carbocycles. The molecule has 8 unspecified atom stereocenters. The van der Waals surface area contributed by atoms with Crippen molar-refractivity contribution in [1.29, 1.82) is 0 Å². The first-order chi connectivity index (χ1) is 38.5. The van der Waals surface area contributed by atoms with Crippen LogP contribution in [0.3, 0.4) is 0 Å². The summed E-state index contributed by atoms with van der Waals surface area (Å²) in [6, 6.07) is 18.0. The lowest BCUT2D eigenvalue weighted by atomic mass is 9.85. The van der Waals surface area contributed by atoms with E-state index in [1.54, 1.807) is 12.1 Å². The van der Waals surface area contributed by atoms with E-state index in [1.165, 1.54) is 43.3 Å². The van der Waals surface area contributed by atoms with Gasteiger partial charge in [0.15, 0.2) is 12.0 Å². The van der Waals surface area contributed by atoms with E-state index in [4.69, 9.17) is 4.74 Å². The number of aromatic hydroxyl groups is 1. The third-order valence-corrected chi connectivity index (χ3v) is 15.3. The number of aliphatic hydroxyl groups is 7. The summed E-state index contributed by atoms with van der Waals surface area (Å²) in [6.07, 6.45) is -11.2. The van der Waals surface area contributed by atoms with Gasteiger partial charge >= 0.3 is 0 Å². The fraction of sp³-hybridized carbons (Fsp3) is 0.475. The van der Waals surface area contributed by atoms with Crippen LogP contribution < -0.4 is 31.3 Å². The van der Waals surface area contributed by atoms with Crippen molar-refractivity contribution in [3.63, 3.8) is 0 Å². The first-order valence-electron chi connectivity index (χ1n) is 27.4. The number of hydrogen-bond acceptors (Lipinski definition) is 16. The van der Waals surface area contributed by atoms with E-state index in [2.05, 4.69) is 33.5 Å². The molecule has 3 aliphatic rings. The lowest BCUT2D eigenvalue weighted by Gasteiger charge is -2.33. The topological polar surface area (TPSA) is 354 Å². The van der Waals surface area contributed by atoms with Gasteiger partial charge in [-0.05, 0) is 97.3 Å². The molecule has 2 aliphatic heterocycles. The minimum absolute atomic E-state index is 0.0342. The summed E-state index contributed by atoms with van der Waals surface area (Å²) in [4.78, 5) is 101. The van der Waals surface area contributed by atoms with Gasteiger partial charge < -0.3 is 77.1 Å². The van der Waals surface area contributed by atoms with Crippen LogP contribution in [0.5, 0.6) is 11.5 Å². The lowest BCUT2D eigenvalue weighted by molar-refractivity contribution is -0.148. The predicted molar refractivity (Wildman–Crippen MR) is 293 cm³/mol. The maximum Gasteiger partial charge on any atom is 0.251 e. The van der Waals surface area contributed by atoms with Crippen LogP contribution in [0.25, 0.3) is 22.3 Å². The molecule has 6 amide bonds. The highest BCUT2D eigenvalue weighted by Crippen LogP contribution is 2.35. The van der Waals surface area contributed by atoms with Crippen molar-refractivity contribution in [2.24, 2.45) is 17.8 Å². The fourth-order valence-electron chi connectivity index (χ4n) is 10.6.